The molecule has 0 bridgehead atoms. The van der Waals surface area contributed by atoms with Crippen LogP contribution in [-0.2, 0) is 13.1 Å². The van der Waals surface area contributed by atoms with E-state index in [9.17, 15) is 10.2 Å². The average Bonchev–Trinajstić information content (AvgIpc) is 3.01. The Bertz CT molecular complexity index is 1070. The lowest BCUT2D eigenvalue weighted by Gasteiger charge is -2.22. The molecule has 0 aromatic heterocycles. The Morgan fingerprint density at radius 2 is 0.976 bits per heavy atom. The van der Waals surface area contributed by atoms with Crippen LogP contribution in [0.5, 0.6) is 23.0 Å². The first-order valence-corrected chi connectivity index (χ1v) is 15.9. The Morgan fingerprint density at radius 3 is 1.31 bits per heavy atom. The highest BCUT2D eigenvalue weighted by Crippen LogP contribution is 2.33. The van der Waals surface area contributed by atoms with Gasteiger partial charge in [-0.2, -0.15) is 0 Å². The van der Waals surface area contributed by atoms with Crippen molar-refractivity contribution in [1.82, 2.24) is 0 Å². The summed E-state index contributed by atoms with van der Waals surface area (Å²) in [5.41, 5.74) is 3.94. The molecule has 0 fully saturated rings. The Labute approximate surface area is 253 Å². The first kappa shape index (κ1) is 33.0. The topological polar surface area (TPSA) is 83.0 Å². The summed E-state index contributed by atoms with van der Waals surface area (Å²) in [6.45, 7) is 11.5. The first-order chi connectivity index (χ1) is 20.4. The fourth-order valence-electron chi connectivity index (χ4n) is 4.95. The van der Waals surface area contributed by atoms with Crippen LogP contribution in [0.2, 0.25) is 0 Å². The number of ether oxygens (including phenoxy) is 2. The van der Waals surface area contributed by atoms with Crippen molar-refractivity contribution in [3.05, 3.63) is 71.8 Å². The molecule has 3 aromatic rings. The standard InChI is InChI=1S/C36H52N2O4/c1-5-9-11-27(7-3)25-41-35-21-30(24-38-32-15-19-34(40)20-16-32)36(42-26-28(8-4)12-10-6-2)22-29(35)23-37-31-13-17-33(39)18-14-31/h13-22,27-28,37-40H,5-12,23-26H2,1-4H3. The van der Waals surface area contributed by atoms with E-state index in [1.165, 1.54) is 38.5 Å². The van der Waals surface area contributed by atoms with Crippen LogP contribution in [0, 0.1) is 11.8 Å². The number of phenolic OH excluding ortho intramolecular Hbond substituents is 2. The average molecular weight is 577 g/mol. The second-order valence-corrected chi connectivity index (χ2v) is 11.3. The van der Waals surface area contributed by atoms with E-state index < -0.39 is 0 Å². The minimum Gasteiger partial charge on any atom is -0.508 e. The zero-order chi connectivity index (χ0) is 30.2. The van der Waals surface area contributed by atoms with Crippen molar-refractivity contribution in [3.8, 4) is 23.0 Å². The maximum absolute atomic E-state index is 9.70. The second kappa shape index (κ2) is 18.1. The minimum atomic E-state index is 0.247. The fourth-order valence-corrected chi connectivity index (χ4v) is 4.95. The summed E-state index contributed by atoms with van der Waals surface area (Å²) in [5, 5.41) is 26.4. The predicted octanol–water partition coefficient (Wildman–Crippen LogP) is 9.51. The summed E-state index contributed by atoms with van der Waals surface area (Å²) >= 11 is 0. The Kier molecular flexibility index (Phi) is 14.2. The maximum Gasteiger partial charge on any atom is 0.124 e. The molecule has 2 unspecified atom stereocenters. The third-order valence-electron chi connectivity index (χ3n) is 7.98. The quantitative estimate of drug-likeness (QED) is 0.100. The highest BCUT2D eigenvalue weighted by molar-refractivity contribution is 5.53. The van der Waals surface area contributed by atoms with Gasteiger partial charge < -0.3 is 30.3 Å². The van der Waals surface area contributed by atoms with Gasteiger partial charge in [-0.05, 0) is 85.3 Å². The van der Waals surface area contributed by atoms with Crippen LogP contribution in [0.4, 0.5) is 11.4 Å². The molecular weight excluding hydrogens is 524 g/mol. The summed E-state index contributed by atoms with van der Waals surface area (Å²) < 4.78 is 13.1. The number of hydrogen-bond donors (Lipinski definition) is 4. The Morgan fingerprint density at radius 1 is 0.595 bits per heavy atom. The lowest BCUT2D eigenvalue weighted by Crippen LogP contribution is -2.15. The number of unbranched alkanes of at least 4 members (excludes halogenated alkanes) is 2. The van der Waals surface area contributed by atoms with E-state index in [1.54, 1.807) is 24.3 Å². The number of benzene rings is 3. The van der Waals surface area contributed by atoms with Crippen molar-refractivity contribution >= 4 is 11.4 Å². The molecular formula is C36H52N2O4. The largest absolute Gasteiger partial charge is 0.508 e. The van der Waals surface area contributed by atoms with Crippen molar-refractivity contribution in [2.24, 2.45) is 11.8 Å². The first-order valence-electron chi connectivity index (χ1n) is 15.9. The van der Waals surface area contributed by atoms with Crippen LogP contribution >= 0.6 is 0 Å². The van der Waals surface area contributed by atoms with E-state index in [4.69, 9.17) is 9.47 Å². The van der Waals surface area contributed by atoms with Gasteiger partial charge in [0.1, 0.15) is 23.0 Å². The number of aromatic hydroxyl groups is 2. The van der Waals surface area contributed by atoms with Crippen LogP contribution in [-0.4, -0.2) is 23.4 Å². The zero-order valence-electron chi connectivity index (χ0n) is 26.1. The van der Waals surface area contributed by atoms with Gasteiger partial charge in [-0.25, -0.2) is 0 Å². The number of nitrogens with one attached hydrogen (secondary N) is 2. The smallest absolute Gasteiger partial charge is 0.124 e. The Hall–Kier alpha value is -3.54. The van der Waals surface area contributed by atoms with Crippen molar-refractivity contribution in [3.63, 3.8) is 0 Å². The summed E-state index contributed by atoms with van der Waals surface area (Å²) in [7, 11) is 0. The van der Waals surface area contributed by atoms with Crippen molar-refractivity contribution in [2.45, 2.75) is 92.2 Å². The van der Waals surface area contributed by atoms with Crippen LogP contribution in [0.25, 0.3) is 0 Å². The lowest BCUT2D eigenvalue weighted by atomic mass is 10.00. The molecule has 3 aromatic carbocycles. The van der Waals surface area contributed by atoms with Gasteiger partial charge in [-0.1, -0.05) is 66.2 Å². The Balaban J connectivity index is 1.90. The molecule has 0 heterocycles. The van der Waals surface area contributed by atoms with E-state index in [-0.39, 0.29) is 11.5 Å². The van der Waals surface area contributed by atoms with Crippen molar-refractivity contribution in [1.29, 1.82) is 0 Å². The molecule has 3 rings (SSSR count). The third-order valence-corrected chi connectivity index (χ3v) is 7.98. The van der Waals surface area contributed by atoms with Gasteiger partial charge in [0.25, 0.3) is 0 Å². The highest BCUT2D eigenvalue weighted by Gasteiger charge is 2.17. The van der Waals surface area contributed by atoms with E-state index in [1.807, 2.05) is 24.3 Å². The zero-order valence-corrected chi connectivity index (χ0v) is 26.1. The fraction of sp³-hybridized carbons (Fsp3) is 0.500. The van der Waals surface area contributed by atoms with Gasteiger partial charge in [-0.3, -0.25) is 0 Å². The lowest BCUT2D eigenvalue weighted by molar-refractivity contribution is 0.225. The molecule has 0 saturated carbocycles. The normalized spacial score (nSPS) is 12.5. The molecule has 0 aliphatic rings. The van der Waals surface area contributed by atoms with E-state index >= 15 is 0 Å². The third kappa shape index (κ3) is 11.0. The molecule has 0 aliphatic carbocycles. The van der Waals surface area contributed by atoms with Gasteiger partial charge in [0.15, 0.2) is 0 Å². The minimum absolute atomic E-state index is 0.247. The van der Waals surface area contributed by atoms with Crippen LogP contribution in [0.1, 0.15) is 90.2 Å². The number of rotatable bonds is 20. The summed E-state index contributed by atoms with van der Waals surface area (Å²) in [5.74, 6) is 3.25. The number of hydrogen-bond acceptors (Lipinski definition) is 6. The SMILES string of the molecule is CCCCC(CC)COc1cc(CNc2ccc(O)cc2)c(OCC(CC)CCCC)cc1CNc1ccc(O)cc1. The summed E-state index contributed by atoms with van der Waals surface area (Å²) in [6, 6.07) is 18.5. The molecule has 230 valence electrons. The second-order valence-electron chi connectivity index (χ2n) is 11.3. The van der Waals surface area contributed by atoms with Crippen LogP contribution in [0.15, 0.2) is 60.7 Å². The molecule has 4 N–H and O–H groups in total. The molecule has 0 aliphatic heterocycles. The summed E-state index contributed by atoms with van der Waals surface area (Å²) in [6.07, 6.45) is 9.32. The number of anilines is 2. The summed E-state index contributed by atoms with van der Waals surface area (Å²) in [4.78, 5) is 0. The van der Waals surface area contributed by atoms with Gasteiger partial charge in [-0.15, -0.1) is 0 Å². The molecule has 2 atom stereocenters. The maximum atomic E-state index is 9.70. The van der Waals surface area contributed by atoms with E-state index in [0.717, 1.165) is 46.8 Å². The van der Waals surface area contributed by atoms with E-state index in [0.29, 0.717) is 38.1 Å². The van der Waals surface area contributed by atoms with Gasteiger partial charge in [0.05, 0.1) is 13.2 Å². The van der Waals surface area contributed by atoms with Gasteiger partial charge >= 0.3 is 0 Å². The van der Waals surface area contributed by atoms with Gasteiger partial charge in [0.2, 0.25) is 0 Å². The van der Waals surface area contributed by atoms with E-state index in [2.05, 4.69) is 50.5 Å². The molecule has 6 nitrogen and oxygen atoms in total. The molecule has 0 spiro atoms. The molecule has 0 amide bonds. The molecule has 0 saturated heterocycles. The molecule has 0 radical (unpaired) electrons. The van der Waals surface area contributed by atoms with Crippen LogP contribution in [0.3, 0.4) is 0 Å². The monoisotopic (exact) mass is 576 g/mol. The van der Waals surface area contributed by atoms with Crippen LogP contribution < -0.4 is 20.1 Å². The number of phenols is 2. The molecule has 6 heteroatoms. The van der Waals surface area contributed by atoms with Gasteiger partial charge in [0, 0.05) is 35.6 Å². The predicted molar refractivity (Wildman–Crippen MR) is 175 cm³/mol. The van der Waals surface area contributed by atoms with Crippen molar-refractivity contribution in [2.75, 3.05) is 23.8 Å². The van der Waals surface area contributed by atoms with Crippen molar-refractivity contribution < 1.29 is 19.7 Å². The highest BCUT2D eigenvalue weighted by atomic mass is 16.5. The molecule has 42 heavy (non-hydrogen) atoms.